The van der Waals surface area contributed by atoms with Crippen LogP contribution >= 0.6 is 0 Å². The van der Waals surface area contributed by atoms with E-state index in [0.29, 0.717) is 45.6 Å². The lowest BCUT2D eigenvalue weighted by Gasteiger charge is -2.13. The summed E-state index contributed by atoms with van der Waals surface area (Å²) in [4.78, 5) is 25.4. The topological polar surface area (TPSA) is 121 Å². The van der Waals surface area contributed by atoms with Crippen molar-refractivity contribution in [1.82, 2.24) is 10.6 Å². The minimum atomic E-state index is -0.601. The molecule has 0 aliphatic rings. The van der Waals surface area contributed by atoms with E-state index in [1.807, 2.05) is 30.3 Å². The average Bonchev–Trinajstić information content (AvgIpc) is 3.34. The number of amides is 1. The summed E-state index contributed by atoms with van der Waals surface area (Å²) >= 11 is 0. The molecule has 0 spiro atoms. The Bertz CT molecular complexity index is 1440. The molecular formula is C28H25N3O7. The number of methoxy groups -OCH3 is 3. The fourth-order valence-corrected chi connectivity index (χ4v) is 3.64. The highest BCUT2D eigenvalue weighted by Crippen LogP contribution is 2.38. The second-order valence-electron chi connectivity index (χ2n) is 7.90. The van der Waals surface area contributed by atoms with Crippen LogP contribution in [0.5, 0.6) is 23.0 Å². The van der Waals surface area contributed by atoms with Crippen molar-refractivity contribution in [3.63, 3.8) is 0 Å². The van der Waals surface area contributed by atoms with Gasteiger partial charge < -0.3 is 23.5 Å². The molecule has 10 nitrogen and oxygen atoms in total. The Morgan fingerprint density at radius 2 is 1.58 bits per heavy atom. The van der Waals surface area contributed by atoms with E-state index >= 15 is 0 Å². The number of carbonyl (C=O) groups excluding carboxylic acids is 2. The molecular weight excluding hydrogens is 490 g/mol. The molecule has 1 amide bonds. The van der Waals surface area contributed by atoms with Gasteiger partial charge in [-0.3, -0.25) is 4.79 Å². The molecule has 0 saturated carbocycles. The number of hydrazone groups is 1. The van der Waals surface area contributed by atoms with Crippen molar-refractivity contribution in [2.45, 2.75) is 6.92 Å². The highest BCUT2D eigenvalue weighted by atomic mass is 16.5. The number of esters is 1. The van der Waals surface area contributed by atoms with E-state index in [2.05, 4.69) is 15.7 Å². The van der Waals surface area contributed by atoms with E-state index in [4.69, 9.17) is 23.5 Å². The lowest BCUT2D eigenvalue weighted by Crippen LogP contribution is -2.18. The average molecular weight is 516 g/mol. The minimum Gasteiger partial charge on any atom is -0.493 e. The van der Waals surface area contributed by atoms with Gasteiger partial charge in [0.15, 0.2) is 11.5 Å². The Labute approximate surface area is 218 Å². The number of carbonyl (C=O) groups is 2. The van der Waals surface area contributed by atoms with Crippen molar-refractivity contribution in [2.24, 2.45) is 5.10 Å². The van der Waals surface area contributed by atoms with E-state index in [9.17, 15) is 9.59 Å². The number of nitrogens with zero attached hydrogens (tertiary/aromatic N) is 2. The fourth-order valence-electron chi connectivity index (χ4n) is 3.64. The third-order valence-corrected chi connectivity index (χ3v) is 5.51. The number of hydrogen-bond acceptors (Lipinski definition) is 9. The highest BCUT2D eigenvalue weighted by molar-refractivity contribution is 6.01. The molecule has 0 aliphatic carbocycles. The van der Waals surface area contributed by atoms with Crippen LogP contribution in [0.25, 0.3) is 11.3 Å². The van der Waals surface area contributed by atoms with Gasteiger partial charge in [-0.1, -0.05) is 35.5 Å². The van der Waals surface area contributed by atoms with Crippen molar-refractivity contribution < 1.29 is 33.1 Å². The number of ether oxygens (including phenoxy) is 4. The second-order valence-corrected chi connectivity index (χ2v) is 7.90. The van der Waals surface area contributed by atoms with Crippen molar-refractivity contribution in [3.8, 4) is 34.3 Å². The van der Waals surface area contributed by atoms with Crippen LogP contribution in [-0.2, 0) is 0 Å². The summed E-state index contributed by atoms with van der Waals surface area (Å²) in [5.74, 6) is 0.700. The molecule has 1 N–H and O–H groups in total. The van der Waals surface area contributed by atoms with Crippen LogP contribution in [0.2, 0.25) is 0 Å². The molecule has 4 rings (SSSR count). The molecule has 1 aromatic heterocycles. The van der Waals surface area contributed by atoms with E-state index < -0.39 is 11.9 Å². The number of rotatable bonds is 9. The summed E-state index contributed by atoms with van der Waals surface area (Å²) < 4.78 is 26.5. The zero-order valence-corrected chi connectivity index (χ0v) is 21.2. The molecule has 0 saturated heterocycles. The Kier molecular flexibility index (Phi) is 8.02. The van der Waals surface area contributed by atoms with Gasteiger partial charge in [-0.15, -0.1) is 0 Å². The van der Waals surface area contributed by atoms with Crippen LogP contribution in [0.1, 0.15) is 32.0 Å². The number of aromatic nitrogens is 1. The highest BCUT2D eigenvalue weighted by Gasteiger charge is 2.21. The Morgan fingerprint density at radius 3 is 2.18 bits per heavy atom. The summed E-state index contributed by atoms with van der Waals surface area (Å²) in [7, 11) is 4.40. The summed E-state index contributed by atoms with van der Waals surface area (Å²) in [5, 5.41) is 8.03. The number of benzene rings is 3. The first kappa shape index (κ1) is 26.0. The van der Waals surface area contributed by atoms with Gasteiger partial charge in [0.25, 0.3) is 5.91 Å². The molecule has 0 radical (unpaired) electrons. The molecule has 194 valence electrons. The first-order valence-electron chi connectivity index (χ1n) is 11.4. The van der Waals surface area contributed by atoms with E-state index in [0.717, 1.165) is 5.56 Å². The Balaban J connectivity index is 1.41. The zero-order valence-electron chi connectivity index (χ0n) is 21.2. The third kappa shape index (κ3) is 5.65. The van der Waals surface area contributed by atoms with Gasteiger partial charge in [0.05, 0.1) is 33.1 Å². The summed E-state index contributed by atoms with van der Waals surface area (Å²) in [5.41, 5.74) is 4.90. The first-order valence-corrected chi connectivity index (χ1v) is 11.4. The molecule has 38 heavy (non-hydrogen) atoms. The molecule has 10 heteroatoms. The molecule has 0 unspecified atom stereocenters. The third-order valence-electron chi connectivity index (χ3n) is 5.51. The molecule has 0 aliphatic heterocycles. The summed E-state index contributed by atoms with van der Waals surface area (Å²) in [6.07, 6.45) is 1.47. The van der Waals surface area contributed by atoms with Gasteiger partial charge in [0, 0.05) is 5.56 Å². The van der Waals surface area contributed by atoms with Gasteiger partial charge in [0.1, 0.15) is 22.8 Å². The van der Waals surface area contributed by atoms with Crippen LogP contribution in [0, 0.1) is 6.92 Å². The van der Waals surface area contributed by atoms with E-state index in [-0.39, 0.29) is 5.56 Å². The summed E-state index contributed by atoms with van der Waals surface area (Å²) in [6, 6.07) is 18.9. The van der Waals surface area contributed by atoms with Crippen molar-refractivity contribution in [1.29, 1.82) is 0 Å². The zero-order chi connectivity index (χ0) is 27.1. The molecule has 0 bridgehead atoms. The smallest absolute Gasteiger partial charge is 0.343 e. The molecule has 0 atom stereocenters. The number of nitrogens with one attached hydrogen (secondary N) is 1. The molecule has 0 fully saturated rings. The number of hydrogen-bond donors (Lipinski definition) is 1. The van der Waals surface area contributed by atoms with E-state index in [1.54, 1.807) is 31.2 Å². The largest absolute Gasteiger partial charge is 0.493 e. The fraction of sp³-hybridized carbons (Fsp3) is 0.143. The van der Waals surface area contributed by atoms with Gasteiger partial charge >= 0.3 is 5.97 Å². The van der Waals surface area contributed by atoms with Crippen LogP contribution < -0.4 is 24.4 Å². The van der Waals surface area contributed by atoms with Crippen molar-refractivity contribution in [2.75, 3.05) is 21.3 Å². The maximum Gasteiger partial charge on any atom is 0.343 e. The lowest BCUT2D eigenvalue weighted by atomic mass is 10.1. The standard InChI is InChI=1S/C28H25N3O7/c1-17-24(25(31-38-17)19-8-6-5-7-9-19)27(32)30-29-16-18-10-12-21(13-11-18)37-28(33)20-14-22(34-2)26(36-4)23(15-20)35-3/h5-16H,1-4H3,(H,30,32). The normalized spacial score (nSPS) is 10.7. The van der Waals surface area contributed by atoms with Crippen LogP contribution in [0.4, 0.5) is 0 Å². The lowest BCUT2D eigenvalue weighted by molar-refractivity contribution is 0.0733. The summed E-state index contributed by atoms with van der Waals surface area (Å²) in [6.45, 7) is 1.66. The van der Waals surface area contributed by atoms with Crippen molar-refractivity contribution >= 4 is 18.1 Å². The maximum absolute atomic E-state index is 12.7. The molecule has 1 heterocycles. The Hall–Kier alpha value is -5.12. The van der Waals surface area contributed by atoms with Gasteiger partial charge in [-0.05, 0) is 48.9 Å². The van der Waals surface area contributed by atoms with Gasteiger partial charge in [0.2, 0.25) is 5.75 Å². The van der Waals surface area contributed by atoms with Gasteiger partial charge in [-0.2, -0.15) is 5.10 Å². The quantitative estimate of drug-likeness (QED) is 0.148. The number of aryl methyl sites for hydroxylation is 1. The molecule has 3 aromatic carbocycles. The van der Waals surface area contributed by atoms with Crippen LogP contribution in [-0.4, -0.2) is 44.6 Å². The monoisotopic (exact) mass is 515 g/mol. The van der Waals surface area contributed by atoms with Crippen LogP contribution in [0.3, 0.4) is 0 Å². The minimum absolute atomic E-state index is 0.228. The van der Waals surface area contributed by atoms with E-state index in [1.165, 1.54) is 39.7 Å². The first-order chi connectivity index (χ1) is 18.4. The van der Waals surface area contributed by atoms with Crippen LogP contribution in [0.15, 0.2) is 76.4 Å². The SMILES string of the molecule is COc1cc(C(=O)Oc2ccc(C=NNC(=O)c3c(-c4ccccc4)noc3C)cc2)cc(OC)c1OC. The Morgan fingerprint density at radius 1 is 0.921 bits per heavy atom. The maximum atomic E-state index is 12.7. The van der Waals surface area contributed by atoms with Crippen molar-refractivity contribution in [3.05, 3.63) is 89.2 Å². The predicted octanol–water partition coefficient (Wildman–Crippen LogP) is 4.66. The van der Waals surface area contributed by atoms with Gasteiger partial charge in [-0.25, -0.2) is 10.2 Å². The molecule has 4 aromatic rings. The predicted molar refractivity (Wildman–Crippen MR) is 139 cm³/mol. The second kappa shape index (κ2) is 11.7.